The van der Waals surface area contributed by atoms with Crippen molar-refractivity contribution in [2.24, 2.45) is 0 Å². The first-order valence-electron chi connectivity index (χ1n) is 5.83. The molecule has 0 amide bonds. The Morgan fingerprint density at radius 1 is 1.50 bits per heavy atom. The molecule has 0 saturated heterocycles. The molecular weight excluding hydrogens is 276 g/mol. The van der Waals surface area contributed by atoms with Crippen molar-refractivity contribution in [1.29, 1.82) is 0 Å². The normalized spacial score (nSPS) is 17.1. The van der Waals surface area contributed by atoms with E-state index in [1.54, 1.807) is 13.2 Å². The zero-order valence-corrected chi connectivity index (χ0v) is 11.9. The van der Waals surface area contributed by atoms with E-state index in [4.69, 9.17) is 11.6 Å². The molecule has 0 unspecified atom stereocenters. The number of hydrogen-bond donors (Lipinski definition) is 0. The van der Waals surface area contributed by atoms with Crippen LogP contribution in [0.3, 0.4) is 0 Å². The number of halogens is 1. The van der Waals surface area contributed by atoms with Crippen LogP contribution in [0.1, 0.15) is 12.2 Å². The summed E-state index contributed by atoms with van der Waals surface area (Å²) in [6.07, 6.45) is 4.22. The van der Waals surface area contributed by atoms with Crippen LogP contribution in [0.5, 0.6) is 0 Å². The Morgan fingerprint density at radius 3 is 3.00 bits per heavy atom. The highest BCUT2D eigenvalue weighted by Gasteiger charge is 2.30. The van der Waals surface area contributed by atoms with E-state index in [1.807, 2.05) is 10.8 Å². The first-order valence-corrected chi connectivity index (χ1v) is 7.76. The molecule has 1 aliphatic rings. The smallest absolute Gasteiger partial charge is 0.282 e. The van der Waals surface area contributed by atoms with Gasteiger partial charge in [0.05, 0.1) is 6.54 Å². The average molecular weight is 293 g/mol. The maximum absolute atomic E-state index is 12.3. The maximum atomic E-state index is 12.3. The first-order chi connectivity index (χ1) is 8.55. The van der Waals surface area contributed by atoms with Crippen LogP contribution in [-0.4, -0.2) is 52.6 Å². The van der Waals surface area contributed by atoms with Gasteiger partial charge in [-0.25, -0.2) is 4.98 Å². The molecule has 2 rings (SSSR count). The predicted octanol–water partition coefficient (Wildman–Crippen LogP) is 0.504. The van der Waals surface area contributed by atoms with Crippen molar-refractivity contribution in [1.82, 2.24) is 18.2 Å². The van der Waals surface area contributed by atoms with Crippen molar-refractivity contribution < 1.29 is 8.42 Å². The van der Waals surface area contributed by atoms with Gasteiger partial charge in [-0.05, 0) is 6.42 Å². The van der Waals surface area contributed by atoms with E-state index in [1.165, 1.54) is 8.61 Å². The van der Waals surface area contributed by atoms with Crippen molar-refractivity contribution in [2.45, 2.75) is 19.5 Å². The van der Waals surface area contributed by atoms with Crippen LogP contribution in [0.4, 0.5) is 0 Å². The van der Waals surface area contributed by atoms with Crippen molar-refractivity contribution >= 4 is 21.8 Å². The summed E-state index contributed by atoms with van der Waals surface area (Å²) in [7, 11) is -1.81. The molecule has 8 heteroatoms. The SMILES string of the molecule is CN(CCCCl)S(=O)(=O)N1CCn2ccnc2C1. The van der Waals surface area contributed by atoms with E-state index in [2.05, 4.69) is 4.98 Å². The van der Waals surface area contributed by atoms with Gasteiger partial charge in [-0.15, -0.1) is 11.6 Å². The summed E-state index contributed by atoms with van der Waals surface area (Å²) >= 11 is 5.59. The van der Waals surface area contributed by atoms with E-state index < -0.39 is 10.2 Å². The van der Waals surface area contributed by atoms with Gasteiger partial charge in [-0.3, -0.25) is 0 Å². The standard InChI is InChI=1S/C10H17ClN4O2S/c1-13(5-2-3-11)18(16,17)15-8-7-14-6-4-12-10(14)9-15/h4,6H,2-3,5,7-9H2,1H3. The fraction of sp³-hybridized carbons (Fsp3) is 0.700. The molecule has 2 heterocycles. The summed E-state index contributed by atoms with van der Waals surface area (Å²) in [5.74, 6) is 1.25. The highest BCUT2D eigenvalue weighted by atomic mass is 35.5. The summed E-state index contributed by atoms with van der Waals surface area (Å²) in [6.45, 7) is 1.91. The monoisotopic (exact) mass is 292 g/mol. The Bertz CT molecular complexity index is 502. The van der Waals surface area contributed by atoms with Gasteiger partial charge in [0.15, 0.2) is 0 Å². The number of aromatic nitrogens is 2. The van der Waals surface area contributed by atoms with Gasteiger partial charge in [0.2, 0.25) is 0 Å². The van der Waals surface area contributed by atoms with E-state index in [-0.39, 0.29) is 0 Å². The van der Waals surface area contributed by atoms with E-state index in [0.29, 0.717) is 38.5 Å². The summed E-state index contributed by atoms with van der Waals surface area (Å²) < 4.78 is 29.4. The van der Waals surface area contributed by atoms with Gasteiger partial charge < -0.3 is 4.57 Å². The van der Waals surface area contributed by atoms with Gasteiger partial charge >= 0.3 is 0 Å². The lowest BCUT2D eigenvalue weighted by Gasteiger charge is -2.30. The lowest BCUT2D eigenvalue weighted by Crippen LogP contribution is -2.45. The second-order valence-electron chi connectivity index (χ2n) is 4.24. The van der Waals surface area contributed by atoms with Crippen LogP contribution in [0, 0.1) is 0 Å². The Kier molecular flexibility index (Phi) is 4.26. The lowest BCUT2D eigenvalue weighted by atomic mass is 10.4. The van der Waals surface area contributed by atoms with Gasteiger partial charge in [-0.2, -0.15) is 17.0 Å². The highest BCUT2D eigenvalue weighted by Crippen LogP contribution is 2.16. The summed E-state index contributed by atoms with van der Waals surface area (Å²) in [4.78, 5) is 4.16. The molecule has 1 aromatic rings. The average Bonchev–Trinajstić information content (AvgIpc) is 2.82. The van der Waals surface area contributed by atoms with Gasteiger partial charge in [0, 0.05) is 45.0 Å². The molecule has 0 aromatic carbocycles. The Morgan fingerprint density at radius 2 is 2.28 bits per heavy atom. The number of alkyl halides is 1. The second kappa shape index (κ2) is 5.56. The fourth-order valence-corrected chi connectivity index (χ4v) is 3.41. The van der Waals surface area contributed by atoms with Crippen LogP contribution >= 0.6 is 11.6 Å². The van der Waals surface area contributed by atoms with Crippen LogP contribution in [0.2, 0.25) is 0 Å². The highest BCUT2D eigenvalue weighted by molar-refractivity contribution is 7.86. The van der Waals surface area contributed by atoms with Crippen LogP contribution in [0.15, 0.2) is 12.4 Å². The summed E-state index contributed by atoms with van der Waals surface area (Å²) in [5.41, 5.74) is 0. The quantitative estimate of drug-likeness (QED) is 0.743. The van der Waals surface area contributed by atoms with Crippen molar-refractivity contribution in [3.05, 3.63) is 18.2 Å². The molecule has 0 spiro atoms. The summed E-state index contributed by atoms with van der Waals surface area (Å²) in [5, 5.41) is 0. The molecule has 0 aliphatic carbocycles. The first kappa shape index (κ1) is 13.8. The minimum absolute atomic E-state index is 0.334. The van der Waals surface area contributed by atoms with Gasteiger partial charge in [0.1, 0.15) is 5.82 Å². The molecule has 0 saturated carbocycles. The third-order valence-electron chi connectivity index (χ3n) is 3.04. The molecule has 1 aromatic heterocycles. The minimum atomic E-state index is -3.40. The predicted molar refractivity (Wildman–Crippen MR) is 69.5 cm³/mol. The number of rotatable bonds is 5. The van der Waals surface area contributed by atoms with Crippen molar-refractivity contribution in [3.63, 3.8) is 0 Å². The summed E-state index contributed by atoms with van der Waals surface area (Å²) in [6, 6.07) is 0. The Balaban J connectivity index is 2.08. The second-order valence-corrected chi connectivity index (χ2v) is 6.66. The van der Waals surface area contributed by atoms with Crippen LogP contribution in [-0.2, 0) is 23.3 Å². The van der Waals surface area contributed by atoms with E-state index >= 15 is 0 Å². The molecule has 1 aliphatic heterocycles. The third-order valence-corrected chi connectivity index (χ3v) is 5.24. The maximum Gasteiger partial charge on any atom is 0.282 e. The van der Waals surface area contributed by atoms with Crippen molar-refractivity contribution in [3.8, 4) is 0 Å². The molecule has 0 atom stereocenters. The molecular formula is C10H17ClN4O2S. The minimum Gasteiger partial charge on any atom is -0.333 e. The molecule has 6 nitrogen and oxygen atoms in total. The number of fused-ring (bicyclic) bond motifs is 1. The van der Waals surface area contributed by atoms with E-state index in [9.17, 15) is 8.42 Å². The van der Waals surface area contributed by atoms with Gasteiger partial charge in [-0.1, -0.05) is 0 Å². The Labute approximate surface area is 112 Å². The third kappa shape index (κ3) is 2.69. The molecule has 0 fully saturated rings. The number of hydrogen-bond acceptors (Lipinski definition) is 3. The molecule has 0 bridgehead atoms. The number of imidazole rings is 1. The number of nitrogens with zero attached hydrogens (tertiary/aromatic N) is 4. The fourth-order valence-electron chi connectivity index (χ4n) is 1.94. The van der Waals surface area contributed by atoms with Crippen molar-refractivity contribution in [2.75, 3.05) is 26.0 Å². The van der Waals surface area contributed by atoms with Crippen LogP contribution in [0.25, 0.3) is 0 Å². The zero-order chi connectivity index (χ0) is 13.2. The molecule has 0 radical (unpaired) electrons. The molecule has 102 valence electrons. The Hall–Kier alpha value is -0.630. The zero-order valence-electron chi connectivity index (χ0n) is 10.3. The lowest BCUT2D eigenvalue weighted by molar-refractivity contribution is 0.306. The molecule has 18 heavy (non-hydrogen) atoms. The van der Waals surface area contributed by atoms with Gasteiger partial charge in [0.25, 0.3) is 10.2 Å². The topological polar surface area (TPSA) is 58.4 Å². The molecule has 0 N–H and O–H groups in total. The van der Waals surface area contributed by atoms with Crippen LogP contribution < -0.4 is 0 Å². The van der Waals surface area contributed by atoms with E-state index in [0.717, 1.165) is 5.82 Å². The largest absolute Gasteiger partial charge is 0.333 e.